The first-order valence-corrected chi connectivity index (χ1v) is 10.8. The third-order valence-electron chi connectivity index (χ3n) is 5.23. The summed E-state index contributed by atoms with van der Waals surface area (Å²) in [5, 5.41) is 9.53. The predicted octanol–water partition coefficient (Wildman–Crippen LogP) is 4.83. The van der Waals surface area contributed by atoms with E-state index in [9.17, 15) is 31.1 Å². The number of hydrogen-bond acceptors (Lipinski definition) is 7. The lowest BCUT2D eigenvalue weighted by Crippen LogP contribution is -2.55. The second-order valence-corrected chi connectivity index (χ2v) is 8.75. The average Bonchev–Trinajstić information content (AvgIpc) is 3.36. The molecule has 2 aliphatic rings. The van der Waals surface area contributed by atoms with Crippen LogP contribution >= 0.6 is 23.2 Å². The van der Waals surface area contributed by atoms with Gasteiger partial charge in [-0.15, -0.1) is 0 Å². The molecule has 2 aromatic heterocycles. The zero-order valence-electron chi connectivity index (χ0n) is 17.9. The number of rotatable bonds is 5. The number of nitrogens with one attached hydrogen (secondary N) is 3. The van der Waals surface area contributed by atoms with E-state index < -0.39 is 46.3 Å². The molecule has 0 saturated carbocycles. The third-order valence-corrected chi connectivity index (χ3v) is 5.80. The van der Waals surface area contributed by atoms with Crippen molar-refractivity contribution in [2.75, 3.05) is 16.9 Å². The van der Waals surface area contributed by atoms with E-state index in [0.717, 1.165) is 11.1 Å². The Morgan fingerprint density at radius 1 is 1.11 bits per heavy atom. The molecular formula is C19H15Cl2F6N7O2. The fraction of sp³-hybridized carbons (Fsp3) is 0.368. The van der Waals surface area contributed by atoms with E-state index >= 15 is 0 Å². The Balaban J connectivity index is 1.39. The maximum atomic E-state index is 12.9. The van der Waals surface area contributed by atoms with E-state index in [-0.39, 0.29) is 29.6 Å². The van der Waals surface area contributed by atoms with E-state index in [1.807, 2.05) is 0 Å². The van der Waals surface area contributed by atoms with Crippen LogP contribution in [0.1, 0.15) is 24.5 Å². The molecule has 0 spiro atoms. The predicted molar refractivity (Wildman–Crippen MR) is 116 cm³/mol. The van der Waals surface area contributed by atoms with E-state index in [1.54, 1.807) is 0 Å². The zero-order valence-corrected chi connectivity index (χ0v) is 19.4. The Bertz CT molecular complexity index is 1230. The molecule has 36 heavy (non-hydrogen) atoms. The number of carbonyl (C=O) groups is 1. The normalized spacial score (nSPS) is 22.4. The minimum Gasteiger partial charge on any atom is -0.390 e. The maximum Gasteiger partial charge on any atom is 0.417 e. The number of nitrogens with zero attached hydrogens (tertiary/aromatic N) is 4. The van der Waals surface area contributed by atoms with Gasteiger partial charge in [-0.25, -0.2) is 19.8 Å². The highest BCUT2D eigenvalue weighted by atomic mass is 35.5. The van der Waals surface area contributed by atoms with Crippen LogP contribution in [0.3, 0.4) is 0 Å². The van der Waals surface area contributed by atoms with E-state index in [4.69, 9.17) is 28.0 Å². The number of alkyl halides is 6. The molecule has 2 unspecified atom stereocenters. The lowest BCUT2D eigenvalue weighted by atomic mass is 10.0. The highest BCUT2D eigenvalue weighted by molar-refractivity contribution is 6.33. The van der Waals surface area contributed by atoms with Crippen LogP contribution in [0.4, 0.5) is 42.8 Å². The van der Waals surface area contributed by atoms with E-state index in [1.165, 1.54) is 6.92 Å². The summed E-state index contributed by atoms with van der Waals surface area (Å²) in [7, 11) is 0. The van der Waals surface area contributed by atoms with Crippen molar-refractivity contribution < 1.29 is 36.0 Å². The summed E-state index contributed by atoms with van der Waals surface area (Å²) in [6, 6.07) is 0.631. The van der Waals surface area contributed by atoms with Gasteiger partial charge in [-0.2, -0.15) is 31.8 Å². The number of hydrazine groups is 1. The van der Waals surface area contributed by atoms with Gasteiger partial charge in [0.25, 0.3) is 0 Å². The number of amides is 2. The summed E-state index contributed by atoms with van der Waals surface area (Å²) in [6.45, 7) is 1.60. The standard InChI is InChI=1S/C19H15Cl2F6N7O2/c1-17(31-16(35)34(33-17)15-12(21)3-9(6-30-15)19(25,26)27)13-4-10(36-32-13)7-29-14-11(20)2-8(5-28-14)18(22,23)24/h2-3,5-6,10,33H,4,7H2,1H3,(H,28,29)(H,31,35). The van der Waals surface area contributed by atoms with Gasteiger partial charge in [0, 0.05) is 18.8 Å². The first-order chi connectivity index (χ1) is 16.7. The Kier molecular flexibility index (Phi) is 6.59. The summed E-state index contributed by atoms with van der Waals surface area (Å²) >= 11 is 11.8. The minimum atomic E-state index is -4.66. The quantitative estimate of drug-likeness (QED) is 0.455. The summed E-state index contributed by atoms with van der Waals surface area (Å²) in [5.41, 5.74) is -0.286. The van der Waals surface area contributed by atoms with Crippen molar-refractivity contribution in [3.63, 3.8) is 0 Å². The molecule has 2 aliphatic heterocycles. The lowest BCUT2D eigenvalue weighted by molar-refractivity contribution is -0.138. The first kappa shape index (κ1) is 26.0. The van der Waals surface area contributed by atoms with Gasteiger partial charge in [-0.1, -0.05) is 28.4 Å². The number of oxime groups is 1. The Hall–Kier alpha value is -3.04. The molecule has 17 heteroatoms. The van der Waals surface area contributed by atoms with Crippen LogP contribution < -0.4 is 21.1 Å². The number of urea groups is 1. The molecule has 0 aliphatic carbocycles. The number of hydrogen-bond donors (Lipinski definition) is 3. The van der Waals surface area contributed by atoms with E-state index in [0.29, 0.717) is 24.2 Å². The number of halogens is 8. The van der Waals surface area contributed by atoms with Crippen LogP contribution in [0.2, 0.25) is 10.0 Å². The van der Waals surface area contributed by atoms with Gasteiger partial charge in [-0.3, -0.25) is 0 Å². The molecule has 1 saturated heterocycles. The van der Waals surface area contributed by atoms with Gasteiger partial charge in [-0.05, 0) is 19.1 Å². The molecule has 4 rings (SSSR count). The monoisotopic (exact) mass is 557 g/mol. The number of carbonyl (C=O) groups excluding carboxylic acids is 1. The van der Waals surface area contributed by atoms with Gasteiger partial charge in [0.15, 0.2) is 5.82 Å². The first-order valence-electron chi connectivity index (χ1n) is 10.00. The summed E-state index contributed by atoms with van der Waals surface area (Å²) < 4.78 is 76.9. The summed E-state index contributed by atoms with van der Waals surface area (Å²) in [4.78, 5) is 25.2. The second-order valence-electron chi connectivity index (χ2n) is 7.93. The highest BCUT2D eigenvalue weighted by Crippen LogP contribution is 2.35. The molecular weight excluding hydrogens is 543 g/mol. The SMILES string of the molecule is CC1(C2=NOC(CNc3ncc(C(F)(F)F)cc3Cl)C2)NC(=O)N(c2ncc(C(F)(F)F)cc2Cl)N1. The number of anilines is 2. The molecule has 2 atom stereocenters. The van der Waals surface area contributed by atoms with Gasteiger partial charge < -0.3 is 15.5 Å². The van der Waals surface area contributed by atoms with Crippen LogP contribution in [0.25, 0.3) is 0 Å². The Labute approximate surface area is 208 Å². The summed E-state index contributed by atoms with van der Waals surface area (Å²) in [5.74, 6) is -0.249. The largest absolute Gasteiger partial charge is 0.417 e. The van der Waals surface area contributed by atoms with Crippen LogP contribution in [0.15, 0.2) is 29.7 Å². The van der Waals surface area contributed by atoms with Crippen molar-refractivity contribution in [2.45, 2.75) is 37.5 Å². The zero-order chi connectivity index (χ0) is 26.5. The summed E-state index contributed by atoms with van der Waals surface area (Å²) in [6.07, 6.45) is -8.50. The van der Waals surface area contributed by atoms with Gasteiger partial charge in [0.2, 0.25) is 0 Å². The van der Waals surface area contributed by atoms with Crippen molar-refractivity contribution in [1.82, 2.24) is 20.7 Å². The smallest absolute Gasteiger partial charge is 0.390 e. The number of pyridine rings is 2. The molecule has 0 radical (unpaired) electrons. The van der Waals surface area contributed by atoms with E-state index in [2.05, 4.69) is 31.2 Å². The van der Waals surface area contributed by atoms with Crippen molar-refractivity contribution >= 4 is 46.6 Å². The maximum absolute atomic E-state index is 12.9. The molecule has 2 aromatic rings. The van der Waals surface area contributed by atoms with Crippen molar-refractivity contribution in [3.8, 4) is 0 Å². The molecule has 9 nitrogen and oxygen atoms in total. The fourth-order valence-corrected chi connectivity index (χ4v) is 3.86. The Morgan fingerprint density at radius 2 is 1.72 bits per heavy atom. The minimum absolute atomic E-state index is 0.00872. The number of aromatic nitrogens is 2. The van der Waals surface area contributed by atoms with Gasteiger partial charge >= 0.3 is 18.4 Å². The van der Waals surface area contributed by atoms with Crippen LogP contribution in [0, 0.1) is 0 Å². The molecule has 0 aromatic carbocycles. The van der Waals surface area contributed by atoms with Crippen molar-refractivity contribution in [2.24, 2.45) is 5.16 Å². The van der Waals surface area contributed by atoms with Crippen LogP contribution in [-0.4, -0.2) is 40.0 Å². The van der Waals surface area contributed by atoms with Gasteiger partial charge in [0.05, 0.1) is 27.7 Å². The second kappa shape index (κ2) is 9.12. The average molecular weight is 558 g/mol. The fourth-order valence-electron chi connectivity index (χ4n) is 3.37. The topological polar surface area (TPSA) is 104 Å². The molecule has 2 amide bonds. The van der Waals surface area contributed by atoms with Gasteiger partial charge in [0.1, 0.15) is 23.3 Å². The molecule has 194 valence electrons. The third kappa shape index (κ3) is 5.22. The van der Waals surface area contributed by atoms with Crippen LogP contribution in [0.5, 0.6) is 0 Å². The molecule has 4 heterocycles. The highest BCUT2D eigenvalue weighted by Gasteiger charge is 2.47. The molecule has 0 bridgehead atoms. The Morgan fingerprint density at radius 3 is 2.31 bits per heavy atom. The molecule has 3 N–H and O–H groups in total. The van der Waals surface area contributed by atoms with Crippen LogP contribution in [-0.2, 0) is 17.2 Å². The van der Waals surface area contributed by atoms with Crippen molar-refractivity contribution in [1.29, 1.82) is 0 Å². The lowest BCUT2D eigenvalue weighted by Gasteiger charge is -2.24. The molecule has 1 fully saturated rings. The van der Waals surface area contributed by atoms with Crippen molar-refractivity contribution in [3.05, 3.63) is 45.7 Å².